The first-order valence-corrected chi connectivity index (χ1v) is 12.1. The maximum absolute atomic E-state index is 11.2. The van der Waals surface area contributed by atoms with Gasteiger partial charge in [0.05, 0.1) is 33.0 Å². The van der Waals surface area contributed by atoms with Gasteiger partial charge in [0.15, 0.2) is 0 Å². The van der Waals surface area contributed by atoms with Crippen molar-refractivity contribution >= 4 is 6.16 Å². The fourth-order valence-electron chi connectivity index (χ4n) is 4.34. The van der Waals surface area contributed by atoms with Crippen molar-refractivity contribution in [2.75, 3.05) is 20.8 Å². The molecule has 3 aromatic rings. The van der Waals surface area contributed by atoms with E-state index in [4.69, 9.17) is 19.3 Å². The standard InChI is InChI=1S/C30H34O7/c1-4-9-28(27(31)12-8-21-36-29(32)33)37-30(22-10-6-5-7-11-22,23-13-17-25(34-2)18-14-23)24-15-19-26(35-3)20-16-24/h4-7,10-11,13-20,27-28,31H,1,8-9,12,21H2,2-3H3,(H,32,33)/t27-,28?/m0/s1. The Hall–Kier alpha value is -3.81. The molecular weight excluding hydrogens is 472 g/mol. The number of rotatable bonds is 14. The predicted molar refractivity (Wildman–Crippen MR) is 141 cm³/mol. The van der Waals surface area contributed by atoms with E-state index in [9.17, 15) is 9.90 Å². The van der Waals surface area contributed by atoms with E-state index in [1.807, 2.05) is 78.9 Å². The van der Waals surface area contributed by atoms with E-state index in [2.05, 4.69) is 11.3 Å². The fraction of sp³-hybridized carbons (Fsp3) is 0.300. The van der Waals surface area contributed by atoms with Crippen LogP contribution in [0, 0.1) is 0 Å². The number of methoxy groups -OCH3 is 2. The summed E-state index contributed by atoms with van der Waals surface area (Å²) in [5.74, 6) is 1.42. The third-order valence-electron chi connectivity index (χ3n) is 6.20. The molecule has 1 unspecified atom stereocenters. The van der Waals surface area contributed by atoms with Crippen molar-refractivity contribution in [3.63, 3.8) is 0 Å². The van der Waals surface area contributed by atoms with E-state index in [1.54, 1.807) is 20.3 Å². The fourth-order valence-corrected chi connectivity index (χ4v) is 4.34. The summed E-state index contributed by atoms with van der Waals surface area (Å²) < 4.78 is 22.3. The lowest BCUT2D eigenvalue weighted by molar-refractivity contribution is -0.103. The molecule has 0 spiro atoms. The van der Waals surface area contributed by atoms with Gasteiger partial charge in [-0.1, -0.05) is 60.7 Å². The lowest BCUT2D eigenvalue weighted by atomic mass is 9.79. The van der Waals surface area contributed by atoms with E-state index >= 15 is 0 Å². The molecule has 37 heavy (non-hydrogen) atoms. The first-order valence-electron chi connectivity index (χ1n) is 12.1. The number of aliphatic hydroxyl groups excluding tert-OH is 1. The van der Waals surface area contributed by atoms with Gasteiger partial charge in [-0.25, -0.2) is 4.79 Å². The minimum Gasteiger partial charge on any atom is -0.497 e. The summed E-state index contributed by atoms with van der Waals surface area (Å²) in [6.07, 6.45) is -0.144. The Morgan fingerprint density at radius 2 is 1.41 bits per heavy atom. The van der Waals surface area contributed by atoms with Crippen LogP contribution in [0.15, 0.2) is 91.5 Å². The molecule has 0 amide bonds. The molecule has 2 N–H and O–H groups in total. The van der Waals surface area contributed by atoms with Crippen molar-refractivity contribution in [3.05, 3.63) is 108 Å². The molecule has 0 heterocycles. The van der Waals surface area contributed by atoms with Crippen LogP contribution in [0.1, 0.15) is 36.0 Å². The summed E-state index contributed by atoms with van der Waals surface area (Å²) in [6, 6.07) is 25.1. The lowest BCUT2D eigenvalue weighted by Crippen LogP contribution is -2.41. The Bertz CT molecular complexity index is 1060. The molecular formula is C30H34O7. The molecule has 0 fully saturated rings. The van der Waals surface area contributed by atoms with Gasteiger partial charge in [0, 0.05) is 0 Å². The highest BCUT2D eigenvalue weighted by Gasteiger charge is 2.41. The highest BCUT2D eigenvalue weighted by atomic mass is 16.7. The van der Waals surface area contributed by atoms with Gasteiger partial charge in [0.2, 0.25) is 0 Å². The lowest BCUT2D eigenvalue weighted by Gasteiger charge is -2.40. The first kappa shape index (κ1) is 27.8. The minimum atomic E-state index is -1.34. The van der Waals surface area contributed by atoms with Crippen molar-refractivity contribution in [1.29, 1.82) is 0 Å². The van der Waals surface area contributed by atoms with Crippen LogP contribution in [0.25, 0.3) is 0 Å². The molecule has 0 bridgehead atoms. The van der Waals surface area contributed by atoms with Crippen molar-refractivity contribution in [3.8, 4) is 11.5 Å². The molecule has 0 aliphatic heterocycles. The molecule has 0 aliphatic rings. The number of carboxylic acid groups (broad SMARTS) is 1. The Labute approximate surface area is 217 Å². The number of ether oxygens (including phenoxy) is 4. The van der Waals surface area contributed by atoms with Crippen molar-refractivity contribution in [2.24, 2.45) is 0 Å². The van der Waals surface area contributed by atoms with Gasteiger partial charge in [-0.2, -0.15) is 0 Å². The monoisotopic (exact) mass is 506 g/mol. The maximum Gasteiger partial charge on any atom is 0.505 e. The number of hydrogen-bond acceptors (Lipinski definition) is 6. The molecule has 0 aromatic heterocycles. The molecule has 7 heteroatoms. The van der Waals surface area contributed by atoms with Gasteiger partial charge < -0.3 is 29.2 Å². The summed E-state index contributed by atoms with van der Waals surface area (Å²) in [5.41, 5.74) is 1.48. The van der Waals surface area contributed by atoms with Crippen LogP contribution in [-0.2, 0) is 15.1 Å². The van der Waals surface area contributed by atoms with Crippen LogP contribution in [0.2, 0.25) is 0 Å². The van der Waals surface area contributed by atoms with E-state index in [0.717, 1.165) is 16.7 Å². The highest BCUT2D eigenvalue weighted by Crippen LogP contribution is 2.43. The normalized spacial score (nSPS) is 12.8. The quantitative estimate of drug-likeness (QED) is 0.124. The van der Waals surface area contributed by atoms with Crippen LogP contribution in [0.3, 0.4) is 0 Å². The zero-order valence-corrected chi connectivity index (χ0v) is 21.2. The van der Waals surface area contributed by atoms with E-state index < -0.39 is 24.0 Å². The average Bonchev–Trinajstić information content (AvgIpc) is 2.94. The van der Waals surface area contributed by atoms with Crippen LogP contribution < -0.4 is 9.47 Å². The average molecular weight is 507 g/mol. The Balaban J connectivity index is 2.12. The molecule has 0 radical (unpaired) electrons. The smallest absolute Gasteiger partial charge is 0.497 e. The molecule has 0 saturated heterocycles. The van der Waals surface area contributed by atoms with Gasteiger partial charge in [-0.3, -0.25) is 0 Å². The van der Waals surface area contributed by atoms with E-state index in [1.165, 1.54) is 0 Å². The van der Waals surface area contributed by atoms with Gasteiger partial charge in [-0.05, 0) is 60.2 Å². The molecule has 3 rings (SSSR count). The maximum atomic E-state index is 11.2. The number of carbonyl (C=O) groups is 1. The van der Waals surface area contributed by atoms with Crippen LogP contribution in [-0.4, -0.2) is 49.4 Å². The van der Waals surface area contributed by atoms with Crippen LogP contribution in [0.4, 0.5) is 4.79 Å². The number of hydrogen-bond donors (Lipinski definition) is 2. The third-order valence-corrected chi connectivity index (χ3v) is 6.20. The Kier molecular flexibility index (Phi) is 10.1. The van der Waals surface area contributed by atoms with Crippen molar-refractivity contribution < 1.29 is 34.0 Å². The van der Waals surface area contributed by atoms with Crippen LogP contribution in [0.5, 0.6) is 11.5 Å². The summed E-state index contributed by atoms with van der Waals surface area (Å²) in [6.45, 7) is 3.86. The summed E-state index contributed by atoms with van der Waals surface area (Å²) in [7, 11) is 3.23. The zero-order chi connectivity index (χ0) is 26.7. The minimum absolute atomic E-state index is 0.00596. The van der Waals surface area contributed by atoms with Crippen molar-refractivity contribution in [1.82, 2.24) is 0 Å². The van der Waals surface area contributed by atoms with Crippen LogP contribution >= 0.6 is 0 Å². The largest absolute Gasteiger partial charge is 0.505 e. The van der Waals surface area contributed by atoms with Gasteiger partial charge in [0.1, 0.15) is 17.1 Å². The number of benzene rings is 3. The molecule has 7 nitrogen and oxygen atoms in total. The second-order valence-electron chi connectivity index (χ2n) is 8.51. The Morgan fingerprint density at radius 1 is 0.892 bits per heavy atom. The summed E-state index contributed by atoms with van der Waals surface area (Å²) in [4.78, 5) is 10.7. The van der Waals surface area contributed by atoms with Crippen molar-refractivity contribution in [2.45, 2.75) is 37.1 Å². The molecule has 0 saturated carbocycles. The Morgan fingerprint density at radius 3 is 1.86 bits per heavy atom. The summed E-state index contributed by atoms with van der Waals surface area (Å²) >= 11 is 0. The first-order chi connectivity index (χ1) is 17.9. The second kappa shape index (κ2) is 13.5. The molecule has 2 atom stereocenters. The van der Waals surface area contributed by atoms with Gasteiger partial charge in [0.25, 0.3) is 0 Å². The highest BCUT2D eigenvalue weighted by molar-refractivity contribution is 5.56. The zero-order valence-electron chi connectivity index (χ0n) is 21.2. The van der Waals surface area contributed by atoms with E-state index in [0.29, 0.717) is 30.8 Å². The second-order valence-corrected chi connectivity index (χ2v) is 8.51. The molecule has 196 valence electrons. The SMILES string of the molecule is C=CCC(OC(c1ccccc1)(c1ccc(OC)cc1)c1ccc(OC)cc1)[C@@H](O)CCCOC(=O)O. The van der Waals surface area contributed by atoms with E-state index in [-0.39, 0.29) is 6.61 Å². The predicted octanol–water partition coefficient (Wildman–Crippen LogP) is 5.79. The third kappa shape index (κ3) is 6.90. The molecule has 0 aliphatic carbocycles. The molecule has 3 aromatic carbocycles. The van der Waals surface area contributed by atoms with Gasteiger partial charge in [-0.15, -0.1) is 6.58 Å². The topological polar surface area (TPSA) is 94.5 Å². The number of aliphatic hydroxyl groups is 1. The summed E-state index contributed by atoms with van der Waals surface area (Å²) in [5, 5.41) is 19.9. The van der Waals surface area contributed by atoms with Gasteiger partial charge >= 0.3 is 6.16 Å².